The molecule has 200 valence electrons. The molecule has 0 aliphatic carbocycles. The van der Waals surface area contributed by atoms with Crippen LogP contribution in [0.3, 0.4) is 0 Å². The van der Waals surface area contributed by atoms with E-state index >= 15 is 0 Å². The quantitative estimate of drug-likeness (QED) is 0.384. The molecule has 0 atom stereocenters. The molecule has 3 aromatic carbocycles. The van der Waals surface area contributed by atoms with Gasteiger partial charge in [-0.25, -0.2) is 0 Å². The van der Waals surface area contributed by atoms with Crippen molar-refractivity contribution in [2.75, 3.05) is 25.5 Å². The molecular weight excluding hydrogens is 488 g/mol. The van der Waals surface area contributed by atoms with Gasteiger partial charge in [0.15, 0.2) is 11.5 Å². The summed E-state index contributed by atoms with van der Waals surface area (Å²) in [5, 5.41) is 14.3. The number of ether oxygens (including phenoxy) is 2. The van der Waals surface area contributed by atoms with Crippen LogP contribution < -0.4 is 14.8 Å². The van der Waals surface area contributed by atoms with Crippen LogP contribution in [0.1, 0.15) is 66.2 Å². The number of anilines is 1. The highest BCUT2D eigenvalue weighted by molar-refractivity contribution is 6.05. The molecule has 6 rings (SSSR count). The number of nitrogens with one attached hydrogen (secondary N) is 1. The first-order valence-corrected chi connectivity index (χ1v) is 13.5. The maximum absolute atomic E-state index is 13.6. The summed E-state index contributed by atoms with van der Waals surface area (Å²) in [6, 6.07) is 13.4. The van der Waals surface area contributed by atoms with Crippen LogP contribution in [-0.2, 0) is 0 Å². The Bertz CT molecular complexity index is 1570. The van der Waals surface area contributed by atoms with Gasteiger partial charge in [0, 0.05) is 41.0 Å². The van der Waals surface area contributed by atoms with Crippen molar-refractivity contribution in [3.05, 3.63) is 76.4 Å². The molecule has 6 heteroatoms. The fourth-order valence-electron chi connectivity index (χ4n) is 6.27. The number of amides is 1. The van der Waals surface area contributed by atoms with E-state index in [2.05, 4.69) is 44.3 Å². The van der Waals surface area contributed by atoms with Gasteiger partial charge in [0.1, 0.15) is 11.5 Å². The molecule has 3 heterocycles. The minimum atomic E-state index is -0.204. The van der Waals surface area contributed by atoms with Crippen molar-refractivity contribution in [2.45, 2.75) is 46.1 Å². The van der Waals surface area contributed by atoms with E-state index in [-0.39, 0.29) is 17.2 Å². The summed E-state index contributed by atoms with van der Waals surface area (Å²) in [6.45, 7) is 9.97. The lowest BCUT2D eigenvalue weighted by Gasteiger charge is -2.35. The summed E-state index contributed by atoms with van der Waals surface area (Å²) in [7, 11) is 1.55. The number of methoxy groups -OCH3 is 1. The third kappa shape index (κ3) is 4.15. The largest absolute Gasteiger partial charge is 0.504 e. The zero-order valence-electron chi connectivity index (χ0n) is 23.1. The van der Waals surface area contributed by atoms with Crippen molar-refractivity contribution in [1.29, 1.82) is 0 Å². The number of phenolic OH excluding ortho intramolecular Hbond substituents is 1. The third-order valence-electron chi connectivity index (χ3n) is 7.87. The molecule has 6 nitrogen and oxygen atoms in total. The van der Waals surface area contributed by atoms with Crippen molar-refractivity contribution in [3.63, 3.8) is 0 Å². The molecule has 3 aliphatic heterocycles. The number of likely N-dealkylation sites (tertiary alicyclic amines) is 1. The Kier molecular flexibility index (Phi) is 5.94. The number of aromatic hydroxyl groups is 1. The maximum atomic E-state index is 13.6. The third-order valence-corrected chi connectivity index (χ3v) is 7.87. The van der Waals surface area contributed by atoms with Crippen LogP contribution in [0.15, 0.2) is 48.5 Å². The zero-order chi connectivity index (χ0) is 27.5. The van der Waals surface area contributed by atoms with Gasteiger partial charge in [-0.2, -0.15) is 0 Å². The van der Waals surface area contributed by atoms with E-state index in [9.17, 15) is 9.90 Å². The summed E-state index contributed by atoms with van der Waals surface area (Å²) in [5.41, 5.74) is 7.96. The predicted octanol–water partition coefficient (Wildman–Crippen LogP) is 7.11. The standard InChI is InChI=1S/C33H34N2O4/c1-19-9-8-10-21(27(19)32(37)35-15-6-7-16-35)17-26-29-22(30-25(39-26)14-13-24(36)31(30)38-5)11-12-23-28(29)20(2)18-33(3,4)34-23/h8-14,17-18,34,36H,6-7,15-16H2,1-5H3/b26-17-. The van der Waals surface area contributed by atoms with Crippen molar-refractivity contribution in [2.24, 2.45) is 0 Å². The topological polar surface area (TPSA) is 71.0 Å². The van der Waals surface area contributed by atoms with Gasteiger partial charge in [0.25, 0.3) is 5.91 Å². The summed E-state index contributed by atoms with van der Waals surface area (Å²) in [5.74, 6) is 1.74. The number of carbonyl (C=O) groups is 1. The van der Waals surface area contributed by atoms with Gasteiger partial charge in [0.2, 0.25) is 0 Å². The first-order valence-electron chi connectivity index (χ1n) is 13.5. The van der Waals surface area contributed by atoms with Crippen LogP contribution in [0.5, 0.6) is 17.2 Å². The smallest absolute Gasteiger partial charge is 0.254 e. The molecule has 0 aromatic heterocycles. The second kappa shape index (κ2) is 9.23. The average molecular weight is 523 g/mol. The van der Waals surface area contributed by atoms with Crippen molar-refractivity contribution >= 4 is 29.0 Å². The normalized spacial score (nSPS) is 17.9. The number of benzene rings is 3. The molecule has 1 fully saturated rings. The molecule has 0 radical (unpaired) electrons. The number of nitrogens with zero attached hydrogens (tertiary/aromatic N) is 1. The first kappa shape index (κ1) is 25.1. The van der Waals surface area contributed by atoms with Crippen LogP contribution >= 0.6 is 0 Å². The van der Waals surface area contributed by atoms with E-state index in [1.54, 1.807) is 19.2 Å². The minimum absolute atomic E-state index is 0.0552. The minimum Gasteiger partial charge on any atom is -0.504 e. The monoisotopic (exact) mass is 522 g/mol. The lowest BCUT2D eigenvalue weighted by molar-refractivity contribution is 0.0792. The molecule has 1 amide bonds. The highest BCUT2D eigenvalue weighted by Crippen LogP contribution is 2.54. The molecule has 1 saturated heterocycles. The Balaban J connectivity index is 1.61. The average Bonchev–Trinajstić information content (AvgIpc) is 3.43. The number of allylic oxidation sites excluding steroid dienone is 1. The molecule has 3 aliphatic rings. The predicted molar refractivity (Wildman–Crippen MR) is 156 cm³/mol. The number of hydrogen-bond acceptors (Lipinski definition) is 5. The van der Waals surface area contributed by atoms with Gasteiger partial charge in [-0.05, 0) is 81.5 Å². The SMILES string of the molecule is COc1c(O)ccc2c1-c1ccc3c(c1/C(=C/c1cccc(C)c1C(=O)N1CCCC1)O2)C(C)=CC(C)(C)N3. The molecule has 0 spiro atoms. The van der Waals surface area contributed by atoms with Crippen LogP contribution in [0.4, 0.5) is 5.69 Å². The Labute approximate surface area is 229 Å². The highest BCUT2D eigenvalue weighted by Gasteiger charge is 2.34. The number of fused-ring (bicyclic) bond motifs is 5. The fourth-order valence-corrected chi connectivity index (χ4v) is 6.27. The van der Waals surface area contributed by atoms with Crippen LogP contribution in [0.2, 0.25) is 0 Å². The van der Waals surface area contributed by atoms with Crippen LogP contribution in [0, 0.1) is 6.92 Å². The number of rotatable bonds is 3. The first-order chi connectivity index (χ1) is 18.7. The second-order valence-electron chi connectivity index (χ2n) is 11.2. The number of hydrogen-bond donors (Lipinski definition) is 2. The Morgan fingerprint density at radius 1 is 1.05 bits per heavy atom. The Hall–Kier alpha value is -4.19. The van der Waals surface area contributed by atoms with E-state index < -0.39 is 0 Å². The number of phenols is 1. The summed E-state index contributed by atoms with van der Waals surface area (Å²) < 4.78 is 12.3. The van der Waals surface area contributed by atoms with E-state index in [1.165, 1.54) is 0 Å². The second-order valence-corrected chi connectivity index (χ2v) is 11.2. The fraction of sp³-hybridized carbons (Fsp3) is 0.303. The highest BCUT2D eigenvalue weighted by atomic mass is 16.5. The molecule has 0 saturated carbocycles. The molecule has 39 heavy (non-hydrogen) atoms. The Morgan fingerprint density at radius 2 is 1.82 bits per heavy atom. The van der Waals surface area contributed by atoms with E-state index in [0.717, 1.165) is 65.0 Å². The summed E-state index contributed by atoms with van der Waals surface area (Å²) in [4.78, 5) is 15.6. The molecular formula is C33H34N2O4. The molecule has 3 aromatic rings. The van der Waals surface area contributed by atoms with E-state index in [0.29, 0.717) is 28.4 Å². The van der Waals surface area contributed by atoms with Gasteiger partial charge in [-0.1, -0.05) is 30.3 Å². The number of carbonyl (C=O) groups excluding carboxylic acids is 1. The summed E-state index contributed by atoms with van der Waals surface area (Å²) in [6.07, 6.45) is 6.29. The van der Waals surface area contributed by atoms with Crippen LogP contribution in [0.25, 0.3) is 28.5 Å². The lowest BCUT2D eigenvalue weighted by Crippen LogP contribution is -2.32. The van der Waals surface area contributed by atoms with Crippen molar-refractivity contribution in [3.8, 4) is 28.4 Å². The van der Waals surface area contributed by atoms with Gasteiger partial charge in [-0.3, -0.25) is 4.79 Å². The Morgan fingerprint density at radius 3 is 2.56 bits per heavy atom. The summed E-state index contributed by atoms with van der Waals surface area (Å²) >= 11 is 0. The molecule has 0 unspecified atom stereocenters. The number of aryl methyl sites for hydroxylation is 1. The van der Waals surface area contributed by atoms with E-state index in [1.807, 2.05) is 36.1 Å². The molecule has 0 bridgehead atoms. The van der Waals surface area contributed by atoms with Gasteiger partial charge < -0.3 is 24.8 Å². The van der Waals surface area contributed by atoms with Crippen molar-refractivity contribution in [1.82, 2.24) is 4.90 Å². The van der Waals surface area contributed by atoms with Crippen molar-refractivity contribution < 1.29 is 19.4 Å². The van der Waals surface area contributed by atoms with E-state index in [4.69, 9.17) is 9.47 Å². The van der Waals surface area contributed by atoms with Gasteiger partial charge in [-0.15, -0.1) is 0 Å². The van der Waals surface area contributed by atoms with Crippen LogP contribution in [-0.4, -0.2) is 41.7 Å². The zero-order valence-corrected chi connectivity index (χ0v) is 23.1. The maximum Gasteiger partial charge on any atom is 0.254 e. The van der Waals surface area contributed by atoms with Gasteiger partial charge in [0.05, 0.1) is 18.2 Å². The van der Waals surface area contributed by atoms with Gasteiger partial charge >= 0.3 is 0 Å². The molecule has 2 N–H and O–H groups in total. The lowest BCUT2D eigenvalue weighted by atomic mass is 9.82.